The number of rotatable bonds is 4. The topological polar surface area (TPSA) is 15.3 Å². The van der Waals surface area contributed by atoms with E-state index in [9.17, 15) is 0 Å². The van der Waals surface area contributed by atoms with E-state index in [1.54, 1.807) is 0 Å². The van der Waals surface area contributed by atoms with E-state index in [4.69, 9.17) is 0 Å². The molecule has 3 fully saturated rings. The van der Waals surface area contributed by atoms with Gasteiger partial charge < -0.3 is 5.32 Å². The minimum absolute atomic E-state index is 0.799. The molecule has 2 nitrogen and oxygen atoms in total. The fraction of sp³-hybridized carbons (Fsp3) is 1.00. The Morgan fingerprint density at radius 1 is 1.06 bits per heavy atom. The molecule has 3 aliphatic rings. The smallest absolute Gasteiger partial charge is 0.0195 e. The largest absolute Gasteiger partial charge is 0.313 e. The second-order valence-corrected chi connectivity index (χ2v) is 6.20. The number of hydrogen-bond donors (Lipinski definition) is 1. The lowest BCUT2D eigenvalue weighted by Gasteiger charge is -2.34. The Bertz CT molecular complexity index is 231. The predicted octanol–water partition coefficient (Wildman–Crippen LogP) is 2.39. The molecule has 1 aliphatic heterocycles. The lowest BCUT2D eigenvalue weighted by atomic mass is 10.0. The summed E-state index contributed by atoms with van der Waals surface area (Å²) in [7, 11) is 0. The fourth-order valence-electron chi connectivity index (χ4n) is 3.75. The van der Waals surface area contributed by atoms with Crippen LogP contribution in [-0.4, -0.2) is 36.1 Å². The molecule has 1 saturated heterocycles. The van der Waals surface area contributed by atoms with Gasteiger partial charge in [0.1, 0.15) is 0 Å². The molecule has 0 aromatic carbocycles. The van der Waals surface area contributed by atoms with Crippen LogP contribution in [0.15, 0.2) is 0 Å². The number of nitrogens with one attached hydrogen (secondary N) is 1. The van der Waals surface area contributed by atoms with Crippen molar-refractivity contribution in [2.45, 2.75) is 70.0 Å². The van der Waals surface area contributed by atoms with E-state index in [1.807, 2.05) is 0 Å². The van der Waals surface area contributed by atoms with Gasteiger partial charge >= 0.3 is 0 Å². The van der Waals surface area contributed by atoms with Gasteiger partial charge in [0.05, 0.1) is 0 Å². The van der Waals surface area contributed by atoms with Crippen LogP contribution in [0.5, 0.6) is 0 Å². The highest BCUT2D eigenvalue weighted by Gasteiger charge is 2.39. The molecule has 92 valence electrons. The maximum Gasteiger partial charge on any atom is 0.0195 e. The summed E-state index contributed by atoms with van der Waals surface area (Å²) in [5.41, 5.74) is 0. The summed E-state index contributed by atoms with van der Waals surface area (Å²) in [6, 6.07) is 2.66. The second-order valence-electron chi connectivity index (χ2n) is 6.20. The van der Waals surface area contributed by atoms with Gasteiger partial charge in [-0.05, 0) is 51.0 Å². The zero-order valence-electron chi connectivity index (χ0n) is 10.6. The monoisotopic (exact) mass is 222 g/mol. The van der Waals surface area contributed by atoms with Crippen LogP contribution in [-0.2, 0) is 0 Å². The maximum absolute atomic E-state index is 3.67. The van der Waals surface area contributed by atoms with Gasteiger partial charge in [-0.2, -0.15) is 0 Å². The Labute approximate surface area is 99.8 Å². The summed E-state index contributed by atoms with van der Waals surface area (Å²) in [6.45, 7) is 5.05. The number of hydrogen-bond acceptors (Lipinski definition) is 2. The van der Waals surface area contributed by atoms with Crippen LogP contribution < -0.4 is 5.32 Å². The van der Waals surface area contributed by atoms with Crippen molar-refractivity contribution in [1.82, 2.24) is 10.2 Å². The molecule has 2 heteroatoms. The van der Waals surface area contributed by atoms with E-state index in [0.29, 0.717) is 0 Å². The summed E-state index contributed by atoms with van der Waals surface area (Å²) in [5.74, 6) is 0.946. The summed E-state index contributed by atoms with van der Waals surface area (Å²) >= 11 is 0. The molecule has 0 aromatic rings. The van der Waals surface area contributed by atoms with Crippen LogP contribution in [0.2, 0.25) is 0 Å². The third-order valence-electron chi connectivity index (χ3n) is 4.85. The highest BCUT2D eigenvalue weighted by atomic mass is 15.2. The Kier molecular flexibility index (Phi) is 3.21. The molecule has 2 aliphatic carbocycles. The fourth-order valence-corrected chi connectivity index (χ4v) is 3.75. The van der Waals surface area contributed by atoms with Gasteiger partial charge in [0.25, 0.3) is 0 Å². The molecule has 0 bridgehead atoms. The Morgan fingerprint density at radius 3 is 2.50 bits per heavy atom. The zero-order valence-corrected chi connectivity index (χ0v) is 10.6. The van der Waals surface area contributed by atoms with Crippen molar-refractivity contribution < 1.29 is 0 Å². The summed E-state index contributed by atoms with van der Waals surface area (Å²) in [4.78, 5) is 2.88. The molecule has 3 unspecified atom stereocenters. The van der Waals surface area contributed by atoms with Gasteiger partial charge in [0.2, 0.25) is 0 Å². The zero-order chi connectivity index (χ0) is 11.0. The molecule has 1 heterocycles. The van der Waals surface area contributed by atoms with E-state index in [2.05, 4.69) is 17.1 Å². The van der Waals surface area contributed by atoms with Crippen molar-refractivity contribution >= 4 is 0 Å². The van der Waals surface area contributed by atoms with Crippen LogP contribution in [0.4, 0.5) is 0 Å². The Balaban J connectivity index is 1.61. The van der Waals surface area contributed by atoms with E-state index in [-0.39, 0.29) is 0 Å². The maximum atomic E-state index is 3.67. The molecule has 0 radical (unpaired) electrons. The summed E-state index contributed by atoms with van der Waals surface area (Å²) < 4.78 is 0. The van der Waals surface area contributed by atoms with Gasteiger partial charge in [-0.15, -0.1) is 0 Å². The molecule has 0 aromatic heterocycles. The van der Waals surface area contributed by atoms with Crippen molar-refractivity contribution in [1.29, 1.82) is 0 Å². The summed E-state index contributed by atoms with van der Waals surface area (Å²) in [6.07, 6.45) is 10.1. The standard InChI is InChI=1S/C14H26N2/c1-11-4-2-6-14(11)16(13-7-8-13)10-12-5-3-9-15-12/h11-15H,2-10H2,1H3. The molecular weight excluding hydrogens is 196 g/mol. The molecule has 16 heavy (non-hydrogen) atoms. The minimum atomic E-state index is 0.799. The van der Waals surface area contributed by atoms with E-state index in [1.165, 1.54) is 58.0 Å². The average Bonchev–Trinajstić information content (AvgIpc) is 2.82. The second kappa shape index (κ2) is 4.66. The molecule has 1 N–H and O–H groups in total. The normalized spacial score (nSPS) is 39.8. The van der Waals surface area contributed by atoms with E-state index in [0.717, 1.165) is 24.0 Å². The van der Waals surface area contributed by atoms with Crippen molar-refractivity contribution in [3.8, 4) is 0 Å². The van der Waals surface area contributed by atoms with Crippen molar-refractivity contribution in [3.63, 3.8) is 0 Å². The van der Waals surface area contributed by atoms with E-state index >= 15 is 0 Å². The van der Waals surface area contributed by atoms with Crippen LogP contribution in [0.1, 0.15) is 51.9 Å². The first kappa shape index (κ1) is 11.0. The van der Waals surface area contributed by atoms with E-state index < -0.39 is 0 Å². The third-order valence-corrected chi connectivity index (χ3v) is 4.85. The first-order valence-corrected chi connectivity index (χ1v) is 7.34. The van der Waals surface area contributed by atoms with Crippen LogP contribution in [0, 0.1) is 5.92 Å². The highest BCUT2D eigenvalue weighted by Crippen LogP contribution is 2.37. The van der Waals surface area contributed by atoms with Gasteiger partial charge in [-0.25, -0.2) is 0 Å². The first-order valence-electron chi connectivity index (χ1n) is 7.34. The van der Waals surface area contributed by atoms with Crippen molar-refractivity contribution in [3.05, 3.63) is 0 Å². The Hall–Kier alpha value is -0.0800. The Morgan fingerprint density at radius 2 is 1.94 bits per heavy atom. The molecule has 2 saturated carbocycles. The molecule has 3 atom stereocenters. The van der Waals surface area contributed by atoms with Crippen LogP contribution >= 0.6 is 0 Å². The van der Waals surface area contributed by atoms with Gasteiger partial charge in [-0.1, -0.05) is 13.3 Å². The highest BCUT2D eigenvalue weighted by molar-refractivity contribution is 4.95. The minimum Gasteiger partial charge on any atom is -0.313 e. The van der Waals surface area contributed by atoms with Gasteiger partial charge in [-0.3, -0.25) is 4.90 Å². The molecular formula is C14H26N2. The first-order chi connectivity index (χ1) is 7.84. The quantitative estimate of drug-likeness (QED) is 0.786. The van der Waals surface area contributed by atoms with Gasteiger partial charge in [0, 0.05) is 24.7 Å². The van der Waals surface area contributed by atoms with Crippen molar-refractivity contribution in [2.24, 2.45) is 5.92 Å². The van der Waals surface area contributed by atoms with Crippen molar-refractivity contribution in [2.75, 3.05) is 13.1 Å². The SMILES string of the molecule is CC1CCCC1N(CC1CCCN1)C1CC1. The average molecular weight is 222 g/mol. The molecule has 0 spiro atoms. The lowest BCUT2D eigenvalue weighted by Crippen LogP contribution is -2.45. The predicted molar refractivity (Wildman–Crippen MR) is 67.6 cm³/mol. The molecule has 3 rings (SSSR count). The van der Waals surface area contributed by atoms with Crippen LogP contribution in [0.3, 0.4) is 0 Å². The third kappa shape index (κ3) is 2.28. The molecule has 0 amide bonds. The number of nitrogens with zero attached hydrogens (tertiary/aromatic N) is 1. The summed E-state index contributed by atoms with van der Waals surface area (Å²) in [5, 5.41) is 3.67. The van der Waals surface area contributed by atoms with Crippen LogP contribution in [0.25, 0.3) is 0 Å². The lowest BCUT2D eigenvalue weighted by molar-refractivity contribution is 0.143. The van der Waals surface area contributed by atoms with Gasteiger partial charge in [0.15, 0.2) is 0 Å².